The van der Waals surface area contributed by atoms with Crippen LogP contribution in [0, 0.1) is 0 Å². The van der Waals surface area contributed by atoms with Gasteiger partial charge >= 0.3 is 12.0 Å². The second-order valence-corrected chi connectivity index (χ2v) is 7.31. The van der Waals surface area contributed by atoms with Gasteiger partial charge in [-0.3, -0.25) is 0 Å². The number of hydrogen-bond donors (Lipinski definition) is 2. The van der Waals surface area contributed by atoms with Crippen LogP contribution in [0.4, 0.5) is 4.79 Å². The normalized spacial score (nSPS) is 16.2. The first kappa shape index (κ1) is 19.8. The largest absolute Gasteiger partial charge is 0.497 e. The molecule has 0 saturated heterocycles. The molecule has 1 atom stereocenters. The first-order valence-corrected chi connectivity index (χ1v) is 9.84. The number of nitrogens with one attached hydrogen (secondary N) is 2. The number of urea groups is 1. The number of carbonyl (C=O) groups is 2. The number of allylic oxidation sites excluding steroid dienone is 1. The molecule has 0 radical (unpaired) electrons. The minimum atomic E-state index is -0.575. The number of carbonyl (C=O) groups excluding carboxylic acids is 2. The van der Waals surface area contributed by atoms with E-state index in [0.29, 0.717) is 22.8 Å². The zero-order chi connectivity index (χ0) is 19.9. The van der Waals surface area contributed by atoms with E-state index in [4.69, 9.17) is 9.47 Å². The molecular weight excluding hydrogens is 376 g/mol. The summed E-state index contributed by atoms with van der Waals surface area (Å²) in [7, 11) is 1.58. The molecule has 0 fully saturated rings. The van der Waals surface area contributed by atoms with E-state index in [-0.39, 0.29) is 12.6 Å². The molecule has 0 aliphatic carbocycles. The monoisotopic (exact) mass is 398 g/mol. The lowest BCUT2D eigenvalue weighted by Crippen LogP contribution is -2.45. The van der Waals surface area contributed by atoms with E-state index in [2.05, 4.69) is 10.6 Å². The van der Waals surface area contributed by atoms with E-state index in [9.17, 15) is 9.59 Å². The summed E-state index contributed by atoms with van der Waals surface area (Å²) < 4.78 is 10.6. The standard InChI is InChI=1S/C21H22N2O4S/c1-14-18(20(24)27-12-13-28-17-6-4-3-5-7-17)19(23-21(25)22-14)15-8-10-16(26-2)11-9-15/h3-11,19H,12-13H2,1-2H3,(H2,22,23,25)/t19-/m1/s1. The second kappa shape index (κ2) is 9.32. The third-order valence-corrected chi connectivity index (χ3v) is 5.24. The fourth-order valence-electron chi connectivity index (χ4n) is 2.90. The highest BCUT2D eigenvalue weighted by atomic mass is 32.2. The molecule has 2 amide bonds. The first-order chi connectivity index (χ1) is 13.6. The lowest BCUT2D eigenvalue weighted by Gasteiger charge is -2.28. The smallest absolute Gasteiger partial charge is 0.338 e. The summed E-state index contributed by atoms with van der Waals surface area (Å²) >= 11 is 1.62. The van der Waals surface area contributed by atoms with E-state index < -0.39 is 12.0 Å². The van der Waals surface area contributed by atoms with Crippen molar-refractivity contribution in [1.82, 2.24) is 10.6 Å². The van der Waals surface area contributed by atoms with Crippen molar-refractivity contribution in [2.24, 2.45) is 0 Å². The van der Waals surface area contributed by atoms with Crippen molar-refractivity contribution >= 4 is 23.8 Å². The number of hydrogen-bond acceptors (Lipinski definition) is 5. The molecule has 1 aliphatic heterocycles. The molecule has 0 bridgehead atoms. The molecule has 0 unspecified atom stereocenters. The maximum Gasteiger partial charge on any atom is 0.338 e. The number of rotatable bonds is 7. The van der Waals surface area contributed by atoms with Gasteiger partial charge in [0.05, 0.1) is 18.7 Å². The Labute approximate surface area is 168 Å². The van der Waals surface area contributed by atoms with Gasteiger partial charge in [-0.25, -0.2) is 9.59 Å². The molecule has 2 aromatic carbocycles. The second-order valence-electron chi connectivity index (χ2n) is 6.14. The Kier molecular flexibility index (Phi) is 6.60. The van der Waals surface area contributed by atoms with Crippen molar-refractivity contribution in [3.05, 3.63) is 71.4 Å². The van der Waals surface area contributed by atoms with Crippen LogP contribution in [0.3, 0.4) is 0 Å². The van der Waals surface area contributed by atoms with Gasteiger partial charge in [0.2, 0.25) is 0 Å². The summed E-state index contributed by atoms with van der Waals surface area (Å²) in [6, 6.07) is 16.2. The predicted molar refractivity (Wildman–Crippen MR) is 108 cm³/mol. The summed E-state index contributed by atoms with van der Waals surface area (Å²) in [5.74, 6) is 0.904. The van der Waals surface area contributed by atoms with Gasteiger partial charge in [0.1, 0.15) is 12.4 Å². The van der Waals surface area contributed by atoms with E-state index in [1.807, 2.05) is 42.5 Å². The third kappa shape index (κ3) is 4.86. The van der Waals surface area contributed by atoms with Gasteiger partial charge in [0, 0.05) is 16.3 Å². The van der Waals surface area contributed by atoms with Crippen LogP contribution in [-0.2, 0) is 9.53 Å². The van der Waals surface area contributed by atoms with Crippen LogP contribution in [0.2, 0.25) is 0 Å². The minimum absolute atomic E-state index is 0.276. The highest BCUT2D eigenvalue weighted by molar-refractivity contribution is 7.99. The van der Waals surface area contributed by atoms with E-state index in [1.54, 1.807) is 37.9 Å². The van der Waals surface area contributed by atoms with Crippen molar-refractivity contribution in [1.29, 1.82) is 0 Å². The Morgan fingerprint density at radius 2 is 1.82 bits per heavy atom. The summed E-state index contributed by atoms with van der Waals surface area (Å²) in [5, 5.41) is 5.44. The minimum Gasteiger partial charge on any atom is -0.497 e. The van der Waals surface area contributed by atoms with Gasteiger partial charge in [-0.05, 0) is 36.8 Å². The predicted octanol–water partition coefficient (Wildman–Crippen LogP) is 3.66. The molecule has 1 heterocycles. The number of esters is 1. The fourth-order valence-corrected chi connectivity index (χ4v) is 3.65. The van der Waals surface area contributed by atoms with Crippen LogP contribution in [0.15, 0.2) is 70.8 Å². The van der Waals surface area contributed by atoms with Crippen molar-refractivity contribution in [2.75, 3.05) is 19.5 Å². The molecule has 3 rings (SSSR count). The van der Waals surface area contributed by atoms with Gasteiger partial charge in [-0.15, -0.1) is 11.8 Å². The number of methoxy groups -OCH3 is 1. The molecular formula is C21H22N2O4S. The Morgan fingerprint density at radius 1 is 1.11 bits per heavy atom. The highest BCUT2D eigenvalue weighted by Gasteiger charge is 2.32. The molecule has 28 heavy (non-hydrogen) atoms. The molecule has 2 N–H and O–H groups in total. The van der Waals surface area contributed by atoms with Crippen LogP contribution in [0.5, 0.6) is 5.75 Å². The lowest BCUT2D eigenvalue weighted by molar-refractivity contribution is -0.138. The Hall–Kier alpha value is -2.93. The maximum atomic E-state index is 12.7. The molecule has 146 valence electrons. The quantitative estimate of drug-likeness (QED) is 0.423. The summed E-state index contributed by atoms with van der Waals surface area (Å²) in [6.45, 7) is 1.98. The molecule has 6 nitrogen and oxygen atoms in total. The zero-order valence-corrected chi connectivity index (χ0v) is 16.5. The Bertz CT molecular complexity index is 866. The van der Waals surface area contributed by atoms with E-state index >= 15 is 0 Å². The Balaban J connectivity index is 1.67. The molecule has 0 aromatic heterocycles. The van der Waals surface area contributed by atoms with Crippen molar-refractivity contribution < 1.29 is 19.1 Å². The molecule has 0 spiro atoms. The van der Waals surface area contributed by atoms with Gasteiger partial charge in [0.15, 0.2) is 0 Å². The van der Waals surface area contributed by atoms with Crippen molar-refractivity contribution in [3.63, 3.8) is 0 Å². The summed E-state index contributed by atoms with van der Waals surface area (Å²) in [5.41, 5.74) is 1.67. The van der Waals surface area contributed by atoms with E-state index in [1.165, 1.54) is 0 Å². The first-order valence-electron chi connectivity index (χ1n) is 8.85. The summed E-state index contributed by atoms with van der Waals surface area (Å²) in [4.78, 5) is 25.8. The van der Waals surface area contributed by atoms with Gasteiger partial charge in [-0.2, -0.15) is 0 Å². The highest BCUT2D eigenvalue weighted by Crippen LogP contribution is 2.29. The fraction of sp³-hybridized carbons (Fsp3) is 0.238. The van der Waals surface area contributed by atoms with Crippen LogP contribution >= 0.6 is 11.8 Å². The number of benzene rings is 2. The average molecular weight is 398 g/mol. The summed E-state index contributed by atoms with van der Waals surface area (Å²) in [6.07, 6.45) is 0. The van der Waals surface area contributed by atoms with Crippen LogP contribution in [0.1, 0.15) is 18.5 Å². The van der Waals surface area contributed by atoms with Crippen LogP contribution in [-0.4, -0.2) is 31.5 Å². The van der Waals surface area contributed by atoms with Crippen LogP contribution < -0.4 is 15.4 Å². The number of thioether (sulfide) groups is 1. The van der Waals surface area contributed by atoms with Crippen LogP contribution in [0.25, 0.3) is 0 Å². The zero-order valence-electron chi connectivity index (χ0n) is 15.7. The topological polar surface area (TPSA) is 76.7 Å². The maximum absolute atomic E-state index is 12.7. The SMILES string of the molecule is COc1ccc([C@H]2NC(=O)NC(C)=C2C(=O)OCCSc2ccccc2)cc1. The molecule has 7 heteroatoms. The Morgan fingerprint density at radius 3 is 2.50 bits per heavy atom. The number of amides is 2. The molecule has 1 aliphatic rings. The van der Waals surface area contributed by atoms with Gasteiger partial charge in [0.25, 0.3) is 0 Å². The lowest BCUT2D eigenvalue weighted by atomic mass is 9.95. The third-order valence-electron chi connectivity index (χ3n) is 4.27. The molecule has 0 saturated carbocycles. The van der Waals surface area contributed by atoms with Gasteiger partial charge in [-0.1, -0.05) is 30.3 Å². The van der Waals surface area contributed by atoms with Crippen molar-refractivity contribution in [3.8, 4) is 5.75 Å². The van der Waals surface area contributed by atoms with E-state index in [0.717, 1.165) is 10.5 Å². The van der Waals surface area contributed by atoms with Gasteiger partial charge < -0.3 is 20.1 Å². The molecule has 2 aromatic rings. The number of ether oxygens (including phenoxy) is 2. The average Bonchev–Trinajstić information content (AvgIpc) is 2.71. The van der Waals surface area contributed by atoms with Crippen molar-refractivity contribution in [2.45, 2.75) is 17.9 Å².